The first-order valence-electron chi connectivity index (χ1n) is 14.0. The van der Waals surface area contributed by atoms with Crippen molar-refractivity contribution in [2.45, 2.75) is 83.8 Å². The van der Waals surface area contributed by atoms with Gasteiger partial charge in [0, 0.05) is 53.6 Å². The molecule has 2 saturated carbocycles. The smallest absolute Gasteiger partial charge is 0.251 e. The Morgan fingerprint density at radius 2 is 1.92 bits per heavy atom. The van der Waals surface area contributed by atoms with E-state index in [4.69, 9.17) is 5.73 Å². The molecule has 2 heterocycles. The molecule has 38 heavy (non-hydrogen) atoms. The van der Waals surface area contributed by atoms with Crippen molar-refractivity contribution in [2.75, 3.05) is 16.8 Å². The highest BCUT2D eigenvalue weighted by molar-refractivity contribution is 6.03. The number of hydrogen-bond donors (Lipinski definition) is 3. The second kappa shape index (κ2) is 10.8. The lowest BCUT2D eigenvalue weighted by molar-refractivity contribution is 0.0933. The van der Waals surface area contributed by atoms with Gasteiger partial charge in [-0.1, -0.05) is 6.92 Å². The number of nitrogens with one attached hydrogen (secondary N) is 2. The number of carbonyl (C=O) groups excluding carboxylic acids is 3. The zero-order chi connectivity index (χ0) is 27.0. The van der Waals surface area contributed by atoms with Gasteiger partial charge in [0.2, 0.25) is 0 Å². The molecule has 0 bridgehead atoms. The Kier molecular flexibility index (Phi) is 7.41. The summed E-state index contributed by atoms with van der Waals surface area (Å²) in [6.07, 6.45) is 8.62. The second-order valence-electron chi connectivity index (χ2n) is 11.4. The van der Waals surface area contributed by atoms with Gasteiger partial charge >= 0.3 is 0 Å². The summed E-state index contributed by atoms with van der Waals surface area (Å²) in [6, 6.07) is 7.90. The number of Topliss-reactive ketones (excluding diaryl/α,β-unsaturated/α-hetero) is 1. The van der Waals surface area contributed by atoms with E-state index in [1.165, 1.54) is 0 Å². The Hall–Kier alpha value is -3.42. The molecule has 2 aliphatic carbocycles. The minimum absolute atomic E-state index is 0.0648. The molecule has 3 fully saturated rings. The maximum Gasteiger partial charge on any atom is 0.251 e. The van der Waals surface area contributed by atoms with Gasteiger partial charge in [-0.15, -0.1) is 0 Å². The lowest BCUT2D eigenvalue weighted by Crippen LogP contribution is -2.43. The molecule has 2 amide bonds. The summed E-state index contributed by atoms with van der Waals surface area (Å²) in [6.45, 7) is 6.87. The van der Waals surface area contributed by atoms with Gasteiger partial charge in [-0.2, -0.15) is 0 Å². The number of pyridine rings is 1. The molecule has 8 heteroatoms. The maximum atomic E-state index is 13.4. The summed E-state index contributed by atoms with van der Waals surface area (Å²) in [5, 5.41) is 6.60. The molecule has 4 atom stereocenters. The van der Waals surface area contributed by atoms with Crippen molar-refractivity contribution in [3.05, 3.63) is 52.7 Å². The summed E-state index contributed by atoms with van der Waals surface area (Å²) < 4.78 is 0. The quantitative estimate of drug-likeness (QED) is 0.423. The molecule has 1 aromatic carbocycles. The molecular weight excluding hydrogens is 478 g/mol. The van der Waals surface area contributed by atoms with Gasteiger partial charge in [0.1, 0.15) is 5.82 Å². The third-order valence-electron chi connectivity index (χ3n) is 8.53. The van der Waals surface area contributed by atoms with E-state index in [0.29, 0.717) is 34.3 Å². The number of ketones is 1. The van der Waals surface area contributed by atoms with Crippen molar-refractivity contribution in [1.82, 2.24) is 10.3 Å². The van der Waals surface area contributed by atoms with Crippen molar-refractivity contribution >= 4 is 29.1 Å². The van der Waals surface area contributed by atoms with Crippen molar-refractivity contribution < 1.29 is 14.4 Å². The summed E-state index contributed by atoms with van der Waals surface area (Å²) in [4.78, 5) is 44.9. The number of anilines is 2. The molecule has 3 unspecified atom stereocenters. The lowest BCUT2D eigenvalue weighted by atomic mass is 9.92. The van der Waals surface area contributed by atoms with Crippen LogP contribution in [0.15, 0.2) is 30.5 Å². The van der Waals surface area contributed by atoms with Crippen molar-refractivity contribution in [3.63, 3.8) is 0 Å². The number of amides is 2. The van der Waals surface area contributed by atoms with Gasteiger partial charge in [0.25, 0.3) is 11.8 Å². The molecule has 8 nitrogen and oxygen atoms in total. The normalized spacial score (nSPS) is 23.4. The van der Waals surface area contributed by atoms with Crippen LogP contribution in [0.25, 0.3) is 0 Å². The minimum Gasteiger partial charge on any atom is -0.382 e. The van der Waals surface area contributed by atoms with E-state index in [2.05, 4.69) is 27.4 Å². The van der Waals surface area contributed by atoms with Crippen molar-refractivity contribution in [1.29, 1.82) is 0 Å². The number of piperidine rings is 1. The first kappa shape index (κ1) is 26.2. The van der Waals surface area contributed by atoms with E-state index < -0.39 is 5.91 Å². The van der Waals surface area contributed by atoms with Crippen molar-refractivity contribution in [2.24, 2.45) is 17.6 Å². The number of nitrogens with two attached hydrogens (primary N) is 1. The largest absolute Gasteiger partial charge is 0.382 e. The predicted molar refractivity (Wildman–Crippen MR) is 149 cm³/mol. The van der Waals surface area contributed by atoms with Gasteiger partial charge in [-0.3, -0.25) is 14.4 Å². The number of fused-ring (bicyclic) bond motifs is 1. The Labute approximate surface area is 224 Å². The summed E-state index contributed by atoms with van der Waals surface area (Å²) in [5.74, 6) is 1.18. The van der Waals surface area contributed by atoms with Crippen LogP contribution in [0.4, 0.5) is 11.5 Å². The molecule has 0 radical (unpaired) electrons. The van der Waals surface area contributed by atoms with Gasteiger partial charge in [0.15, 0.2) is 5.78 Å². The van der Waals surface area contributed by atoms with Crippen LogP contribution in [0.2, 0.25) is 0 Å². The number of carbonyl (C=O) groups is 3. The third-order valence-corrected chi connectivity index (χ3v) is 8.53. The van der Waals surface area contributed by atoms with Gasteiger partial charge in [-0.25, -0.2) is 4.98 Å². The Balaban J connectivity index is 1.28. The molecule has 5 rings (SSSR count). The summed E-state index contributed by atoms with van der Waals surface area (Å²) in [7, 11) is 0. The van der Waals surface area contributed by atoms with Crippen LogP contribution in [-0.4, -0.2) is 47.3 Å². The highest BCUT2D eigenvalue weighted by Gasteiger charge is 2.41. The zero-order valence-electron chi connectivity index (χ0n) is 22.6. The monoisotopic (exact) mass is 517 g/mol. The molecule has 1 saturated heterocycles. The topological polar surface area (TPSA) is 117 Å². The van der Waals surface area contributed by atoms with Crippen LogP contribution in [0, 0.1) is 18.8 Å². The van der Waals surface area contributed by atoms with Gasteiger partial charge in [-0.05, 0) is 94.5 Å². The van der Waals surface area contributed by atoms with E-state index in [-0.39, 0.29) is 29.7 Å². The van der Waals surface area contributed by atoms with E-state index in [0.717, 1.165) is 62.9 Å². The number of benzene rings is 1. The van der Waals surface area contributed by atoms with E-state index >= 15 is 0 Å². The average Bonchev–Trinajstić information content (AvgIpc) is 3.68. The van der Waals surface area contributed by atoms with Crippen LogP contribution in [-0.2, 0) is 0 Å². The summed E-state index contributed by atoms with van der Waals surface area (Å²) in [5.41, 5.74) is 8.62. The number of aryl methyl sites for hydroxylation is 1. The van der Waals surface area contributed by atoms with E-state index in [1.54, 1.807) is 18.3 Å². The Morgan fingerprint density at radius 1 is 1.13 bits per heavy atom. The predicted octanol–water partition coefficient (Wildman–Crippen LogP) is 4.47. The van der Waals surface area contributed by atoms with Crippen LogP contribution in [0.3, 0.4) is 0 Å². The first-order valence-corrected chi connectivity index (χ1v) is 14.0. The number of hydrogen-bond acceptors (Lipinski definition) is 6. The first-order chi connectivity index (χ1) is 18.2. The molecule has 3 aliphatic rings. The van der Waals surface area contributed by atoms with Gasteiger partial charge < -0.3 is 21.3 Å². The van der Waals surface area contributed by atoms with Gasteiger partial charge in [0.05, 0.1) is 5.56 Å². The fourth-order valence-corrected chi connectivity index (χ4v) is 6.08. The molecule has 2 aromatic rings. The second-order valence-corrected chi connectivity index (χ2v) is 11.4. The molecule has 202 valence electrons. The maximum absolute atomic E-state index is 13.4. The number of primary amides is 1. The molecule has 4 N–H and O–H groups in total. The number of rotatable bonds is 9. The fraction of sp³-hybridized carbons (Fsp3) is 0.533. The Bertz CT molecular complexity index is 1220. The fourth-order valence-electron chi connectivity index (χ4n) is 6.08. The van der Waals surface area contributed by atoms with Crippen LogP contribution < -0.4 is 21.3 Å². The SMILES string of the molecule is CC[C@H](C)Nc1cc(C(=O)NC2CC3CCCN(c4ccc(C(=O)C5CC5)cn4)C3C2)c(C)cc1C(N)=O. The minimum atomic E-state index is -0.510. The van der Waals surface area contributed by atoms with E-state index in [1.807, 2.05) is 26.0 Å². The van der Waals surface area contributed by atoms with Crippen LogP contribution in [0.1, 0.15) is 95.4 Å². The lowest BCUT2D eigenvalue weighted by Gasteiger charge is -2.38. The number of nitrogens with zero attached hydrogens (tertiary/aromatic N) is 2. The molecule has 1 aromatic heterocycles. The van der Waals surface area contributed by atoms with Crippen molar-refractivity contribution in [3.8, 4) is 0 Å². The highest BCUT2D eigenvalue weighted by atomic mass is 16.2. The zero-order valence-corrected chi connectivity index (χ0v) is 22.6. The highest BCUT2D eigenvalue weighted by Crippen LogP contribution is 2.39. The Morgan fingerprint density at radius 3 is 2.58 bits per heavy atom. The van der Waals surface area contributed by atoms with Crippen LogP contribution in [0.5, 0.6) is 0 Å². The average molecular weight is 518 g/mol. The summed E-state index contributed by atoms with van der Waals surface area (Å²) >= 11 is 0. The van der Waals surface area contributed by atoms with Crippen LogP contribution >= 0.6 is 0 Å². The molecule has 0 spiro atoms. The molecular formula is C30H39N5O3. The molecule has 1 aliphatic heterocycles. The standard InChI is InChI=1S/C30H39N5O3/c1-4-18(3)33-25-15-23(17(2)12-24(25)29(31)37)30(38)34-22-13-20-6-5-11-35(26(20)14-22)27-10-9-21(16-32-27)28(36)19-7-8-19/h9-10,12,15-16,18-20,22,26,33H,4-8,11,13-14H2,1-3H3,(H2,31,37)(H,34,38)/t18-,20?,22?,26?/m0/s1. The van der Waals surface area contributed by atoms with E-state index in [9.17, 15) is 14.4 Å². The number of aromatic nitrogens is 1. The third kappa shape index (κ3) is 5.40.